The van der Waals surface area contributed by atoms with Gasteiger partial charge in [-0.1, -0.05) is 34.1 Å². The molecule has 3 heteroatoms. The Morgan fingerprint density at radius 3 is 2.53 bits per heavy atom. The van der Waals surface area contributed by atoms with Crippen molar-refractivity contribution in [2.45, 2.75) is 59.4 Å². The number of hydrogen-bond donors (Lipinski definition) is 1. The fraction of sp³-hybridized carbons (Fsp3) is 0.786. The lowest BCUT2D eigenvalue weighted by Crippen LogP contribution is -2.15. The summed E-state index contributed by atoms with van der Waals surface area (Å²) in [6.07, 6.45) is 4.42. The molecule has 98 valence electrons. The Kier molecular flexibility index (Phi) is 4.75. The van der Waals surface area contributed by atoms with Gasteiger partial charge in [-0.05, 0) is 30.7 Å². The van der Waals surface area contributed by atoms with Gasteiger partial charge in [-0.3, -0.25) is 4.68 Å². The molecule has 0 fully saturated rings. The van der Waals surface area contributed by atoms with E-state index in [-0.39, 0.29) is 6.04 Å². The number of aromatic nitrogens is 2. The van der Waals surface area contributed by atoms with Gasteiger partial charge in [0.05, 0.1) is 11.4 Å². The molecule has 0 aromatic carbocycles. The summed E-state index contributed by atoms with van der Waals surface area (Å²) in [4.78, 5) is 0. The Balaban J connectivity index is 2.52. The first kappa shape index (κ1) is 14.2. The molecule has 17 heavy (non-hydrogen) atoms. The van der Waals surface area contributed by atoms with E-state index in [1.165, 1.54) is 12.8 Å². The molecule has 0 aliphatic heterocycles. The maximum Gasteiger partial charge on any atom is 0.0625 e. The summed E-state index contributed by atoms with van der Waals surface area (Å²) < 4.78 is 1.93. The molecule has 1 atom stereocenters. The van der Waals surface area contributed by atoms with Crippen LogP contribution in [0, 0.1) is 5.41 Å². The molecular formula is C14H27N3. The fourth-order valence-corrected chi connectivity index (χ4v) is 2.06. The van der Waals surface area contributed by atoms with Crippen molar-refractivity contribution in [1.82, 2.24) is 9.78 Å². The van der Waals surface area contributed by atoms with Crippen LogP contribution in [0.25, 0.3) is 0 Å². The van der Waals surface area contributed by atoms with Gasteiger partial charge < -0.3 is 5.73 Å². The summed E-state index contributed by atoms with van der Waals surface area (Å²) in [5.41, 5.74) is 8.93. The van der Waals surface area contributed by atoms with Gasteiger partial charge >= 0.3 is 0 Å². The molecule has 1 heterocycles. The summed E-state index contributed by atoms with van der Waals surface area (Å²) in [6, 6.07) is 2.26. The summed E-state index contributed by atoms with van der Waals surface area (Å²) in [6.45, 7) is 8.95. The van der Waals surface area contributed by atoms with E-state index < -0.39 is 0 Å². The number of rotatable bonds is 5. The Hall–Kier alpha value is -0.830. The zero-order chi connectivity index (χ0) is 13.1. The van der Waals surface area contributed by atoms with E-state index in [4.69, 9.17) is 5.73 Å². The smallest absolute Gasteiger partial charge is 0.0625 e. The number of nitrogens with zero attached hydrogens (tertiary/aromatic N) is 2. The van der Waals surface area contributed by atoms with Crippen LogP contribution in [0.3, 0.4) is 0 Å². The minimum absolute atomic E-state index is 0.121. The standard InChI is InChI=1S/C14H27N3/c1-6-11-10-13(17(5)16-11)12(15)8-7-9-14(2,3)4/h10,12H,6-9,15H2,1-5H3. The van der Waals surface area contributed by atoms with Gasteiger partial charge in [0.25, 0.3) is 0 Å². The van der Waals surface area contributed by atoms with Crippen LogP contribution in [-0.4, -0.2) is 9.78 Å². The maximum atomic E-state index is 6.23. The third-order valence-electron chi connectivity index (χ3n) is 3.15. The number of nitrogens with two attached hydrogens (primary N) is 1. The Labute approximate surface area is 105 Å². The maximum absolute atomic E-state index is 6.23. The van der Waals surface area contributed by atoms with Gasteiger partial charge in [-0.25, -0.2) is 0 Å². The van der Waals surface area contributed by atoms with Gasteiger partial charge in [0.2, 0.25) is 0 Å². The van der Waals surface area contributed by atoms with Crippen LogP contribution in [0.15, 0.2) is 6.07 Å². The fourth-order valence-electron chi connectivity index (χ4n) is 2.06. The van der Waals surface area contributed by atoms with E-state index in [9.17, 15) is 0 Å². The molecule has 0 aliphatic rings. The Morgan fingerprint density at radius 1 is 1.41 bits per heavy atom. The van der Waals surface area contributed by atoms with Crippen molar-refractivity contribution in [3.05, 3.63) is 17.5 Å². The van der Waals surface area contributed by atoms with E-state index in [0.717, 1.165) is 24.2 Å². The van der Waals surface area contributed by atoms with Gasteiger partial charge in [0, 0.05) is 13.1 Å². The monoisotopic (exact) mass is 237 g/mol. The minimum Gasteiger partial charge on any atom is -0.323 e. The molecule has 0 bridgehead atoms. The lowest BCUT2D eigenvalue weighted by Gasteiger charge is -2.19. The third-order valence-corrected chi connectivity index (χ3v) is 3.15. The van der Waals surface area contributed by atoms with Crippen LogP contribution in [0.1, 0.15) is 64.4 Å². The zero-order valence-corrected chi connectivity index (χ0v) is 12.0. The number of aryl methyl sites for hydroxylation is 2. The van der Waals surface area contributed by atoms with Crippen molar-refractivity contribution in [2.75, 3.05) is 0 Å². The van der Waals surface area contributed by atoms with Crippen molar-refractivity contribution in [3.8, 4) is 0 Å². The molecule has 0 radical (unpaired) electrons. The minimum atomic E-state index is 0.121. The Bertz CT molecular complexity index is 347. The molecular weight excluding hydrogens is 210 g/mol. The zero-order valence-electron chi connectivity index (χ0n) is 12.0. The van der Waals surface area contributed by atoms with Crippen molar-refractivity contribution < 1.29 is 0 Å². The lowest BCUT2D eigenvalue weighted by molar-refractivity contribution is 0.351. The highest BCUT2D eigenvalue weighted by molar-refractivity contribution is 5.13. The molecule has 1 aromatic heterocycles. The van der Waals surface area contributed by atoms with E-state index in [2.05, 4.69) is 38.9 Å². The van der Waals surface area contributed by atoms with Crippen molar-refractivity contribution in [2.24, 2.45) is 18.2 Å². The highest BCUT2D eigenvalue weighted by Gasteiger charge is 2.15. The normalized spacial score (nSPS) is 14.0. The molecule has 1 aromatic rings. The first-order chi connectivity index (χ1) is 7.83. The molecule has 0 saturated heterocycles. The predicted octanol–water partition coefficient (Wildman–Crippen LogP) is 3.20. The van der Waals surface area contributed by atoms with Crippen molar-refractivity contribution in [3.63, 3.8) is 0 Å². The molecule has 2 N–H and O–H groups in total. The average Bonchev–Trinajstić information content (AvgIpc) is 2.57. The second-order valence-corrected chi connectivity index (χ2v) is 6.10. The van der Waals surface area contributed by atoms with E-state index in [1.807, 2.05) is 11.7 Å². The first-order valence-corrected chi connectivity index (χ1v) is 6.62. The van der Waals surface area contributed by atoms with Gasteiger partial charge in [-0.2, -0.15) is 5.10 Å². The summed E-state index contributed by atoms with van der Waals surface area (Å²) in [5, 5.41) is 4.44. The third kappa shape index (κ3) is 4.50. The molecule has 0 aliphatic carbocycles. The van der Waals surface area contributed by atoms with Crippen LogP contribution in [0.4, 0.5) is 0 Å². The van der Waals surface area contributed by atoms with Crippen LogP contribution in [-0.2, 0) is 13.5 Å². The topological polar surface area (TPSA) is 43.8 Å². The summed E-state index contributed by atoms with van der Waals surface area (Å²) >= 11 is 0. The molecule has 1 unspecified atom stereocenters. The molecule has 1 rings (SSSR count). The average molecular weight is 237 g/mol. The molecule has 0 amide bonds. The van der Waals surface area contributed by atoms with Gasteiger partial charge in [-0.15, -0.1) is 0 Å². The highest BCUT2D eigenvalue weighted by atomic mass is 15.3. The second-order valence-electron chi connectivity index (χ2n) is 6.10. The summed E-state index contributed by atoms with van der Waals surface area (Å²) in [5.74, 6) is 0. The molecule has 3 nitrogen and oxygen atoms in total. The van der Waals surface area contributed by atoms with Crippen LogP contribution in [0.2, 0.25) is 0 Å². The predicted molar refractivity (Wildman–Crippen MR) is 72.8 cm³/mol. The van der Waals surface area contributed by atoms with Crippen molar-refractivity contribution >= 4 is 0 Å². The lowest BCUT2D eigenvalue weighted by atomic mass is 9.89. The quantitative estimate of drug-likeness (QED) is 0.854. The van der Waals surface area contributed by atoms with Crippen LogP contribution >= 0.6 is 0 Å². The number of hydrogen-bond acceptors (Lipinski definition) is 2. The summed E-state index contributed by atoms with van der Waals surface area (Å²) in [7, 11) is 1.98. The van der Waals surface area contributed by atoms with E-state index in [0.29, 0.717) is 5.41 Å². The SMILES string of the molecule is CCc1cc(C(N)CCCC(C)(C)C)n(C)n1. The van der Waals surface area contributed by atoms with Crippen LogP contribution < -0.4 is 5.73 Å². The van der Waals surface area contributed by atoms with Crippen LogP contribution in [0.5, 0.6) is 0 Å². The first-order valence-electron chi connectivity index (χ1n) is 6.62. The largest absolute Gasteiger partial charge is 0.323 e. The molecule has 0 saturated carbocycles. The molecule has 0 spiro atoms. The second kappa shape index (κ2) is 5.67. The highest BCUT2D eigenvalue weighted by Crippen LogP contribution is 2.25. The van der Waals surface area contributed by atoms with Gasteiger partial charge in [0.15, 0.2) is 0 Å². The van der Waals surface area contributed by atoms with E-state index >= 15 is 0 Å². The van der Waals surface area contributed by atoms with Crippen molar-refractivity contribution in [1.29, 1.82) is 0 Å². The Morgan fingerprint density at radius 2 is 2.06 bits per heavy atom. The van der Waals surface area contributed by atoms with E-state index in [1.54, 1.807) is 0 Å². The van der Waals surface area contributed by atoms with Gasteiger partial charge in [0.1, 0.15) is 0 Å².